The Morgan fingerprint density at radius 2 is 0.900 bits per heavy atom. The number of hydrogen-bond donors (Lipinski definition) is 2. The molecule has 6 heteroatoms. The Kier molecular flexibility index (Phi) is 9.04. The molecule has 236 valence electrons. The molecule has 0 spiro atoms. The van der Waals surface area contributed by atoms with E-state index < -0.39 is 0 Å². The summed E-state index contributed by atoms with van der Waals surface area (Å²) in [5.41, 5.74) is 8.90. The second-order valence-electron chi connectivity index (χ2n) is 11.6. The smallest absolute Gasteiger partial charge is 0.164 e. The summed E-state index contributed by atoms with van der Waals surface area (Å²) in [6.07, 6.45) is 3.28. The third-order valence-corrected chi connectivity index (χ3v) is 8.30. The van der Waals surface area contributed by atoms with Gasteiger partial charge in [-0.15, -0.1) is 0 Å². The van der Waals surface area contributed by atoms with Crippen LogP contribution in [-0.4, -0.2) is 26.4 Å². The summed E-state index contributed by atoms with van der Waals surface area (Å²) in [7, 11) is 0. The van der Waals surface area contributed by atoms with Gasteiger partial charge in [0.25, 0.3) is 0 Å². The fourth-order valence-electron chi connectivity index (χ4n) is 5.65. The molecule has 0 saturated carbocycles. The van der Waals surface area contributed by atoms with Gasteiger partial charge in [-0.25, -0.2) is 15.0 Å². The normalized spacial score (nSPS) is 10.9. The van der Waals surface area contributed by atoms with E-state index in [1.54, 1.807) is 12.2 Å². The first-order valence-electron chi connectivity index (χ1n) is 16.1. The number of benzene rings is 6. The molecule has 0 amide bonds. The summed E-state index contributed by atoms with van der Waals surface area (Å²) in [4.78, 5) is 14.5. The fourth-order valence-corrected chi connectivity index (χ4v) is 5.65. The number of nitrogens with one attached hydrogen (secondary N) is 2. The highest BCUT2D eigenvalue weighted by Gasteiger charge is 2.14. The Labute approximate surface area is 290 Å². The monoisotopic (exact) mass is 642 g/mol. The maximum absolute atomic E-state index is 10.2. The zero-order chi connectivity index (χ0) is 34.3. The molecule has 0 aliphatic heterocycles. The fraction of sp³-hybridized carbons (Fsp3) is 0. The standard InChI is InChI=1S/C44H30N6/c45-29-38-27-35(30-19-21-32(22-20-30)41(47)26-25-40(46)31-11-4-1-5-12-31)23-24-39(38)36-17-10-18-37(28-36)44-49-42(33-13-6-2-7-14-33)48-43(50-44)34-15-8-3-9-16-34/h1-28,46-47H/b26-25-,46-40?,47-41?. The lowest BCUT2D eigenvalue weighted by molar-refractivity contribution is 1.07. The summed E-state index contributed by atoms with van der Waals surface area (Å²) < 4.78 is 0. The average Bonchev–Trinajstić information content (AvgIpc) is 3.20. The third-order valence-electron chi connectivity index (χ3n) is 8.30. The molecule has 0 unspecified atom stereocenters. The minimum absolute atomic E-state index is 0.315. The van der Waals surface area contributed by atoms with Crippen molar-refractivity contribution in [1.29, 1.82) is 16.1 Å². The van der Waals surface area contributed by atoms with E-state index in [4.69, 9.17) is 25.8 Å². The number of rotatable bonds is 9. The number of nitrogens with zero attached hydrogens (tertiary/aromatic N) is 4. The van der Waals surface area contributed by atoms with Crippen molar-refractivity contribution >= 4 is 11.4 Å². The molecule has 0 fully saturated rings. The largest absolute Gasteiger partial charge is 0.300 e. The molecule has 0 saturated heterocycles. The van der Waals surface area contributed by atoms with Crippen molar-refractivity contribution in [2.24, 2.45) is 0 Å². The van der Waals surface area contributed by atoms with E-state index in [2.05, 4.69) is 6.07 Å². The van der Waals surface area contributed by atoms with Crippen LogP contribution in [0.2, 0.25) is 0 Å². The zero-order valence-electron chi connectivity index (χ0n) is 27.0. The Morgan fingerprint density at radius 3 is 1.46 bits per heavy atom. The lowest BCUT2D eigenvalue weighted by Crippen LogP contribution is -2.00. The van der Waals surface area contributed by atoms with Crippen molar-refractivity contribution in [3.63, 3.8) is 0 Å². The molecule has 0 aliphatic carbocycles. The first-order chi connectivity index (χ1) is 24.6. The van der Waals surface area contributed by atoms with Crippen molar-refractivity contribution in [2.75, 3.05) is 0 Å². The van der Waals surface area contributed by atoms with Gasteiger partial charge in [-0.3, -0.25) is 0 Å². The first-order valence-corrected chi connectivity index (χ1v) is 16.1. The SMILES string of the molecule is N#Cc1cc(-c2ccc(C(=N)/C=C\C(=N)c3ccccc3)cc2)ccc1-c1cccc(-c2nc(-c3ccccc3)nc(-c3ccccc3)n2)c1. The van der Waals surface area contributed by atoms with Crippen LogP contribution in [0.25, 0.3) is 56.4 Å². The second-order valence-corrected chi connectivity index (χ2v) is 11.6. The van der Waals surface area contributed by atoms with E-state index in [-0.39, 0.29) is 0 Å². The second kappa shape index (κ2) is 14.3. The van der Waals surface area contributed by atoms with E-state index in [0.717, 1.165) is 50.1 Å². The van der Waals surface area contributed by atoms with Gasteiger partial charge in [0.1, 0.15) is 0 Å². The number of hydrogen-bond acceptors (Lipinski definition) is 6. The van der Waals surface area contributed by atoms with Crippen LogP contribution in [-0.2, 0) is 0 Å². The average molecular weight is 643 g/mol. The van der Waals surface area contributed by atoms with Gasteiger partial charge in [0.05, 0.1) is 23.1 Å². The van der Waals surface area contributed by atoms with E-state index in [1.165, 1.54) is 0 Å². The third kappa shape index (κ3) is 6.93. The maximum atomic E-state index is 10.2. The van der Waals surface area contributed by atoms with Crippen LogP contribution in [0.1, 0.15) is 16.7 Å². The molecule has 0 bridgehead atoms. The van der Waals surface area contributed by atoms with Crippen molar-refractivity contribution in [2.45, 2.75) is 0 Å². The Morgan fingerprint density at radius 1 is 0.440 bits per heavy atom. The molecule has 0 radical (unpaired) electrons. The van der Waals surface area contributed by atoms with Crippen LogP contribution < -0.4 is 0 Å². The topological polar surface area (TPSA) is 110 Å². The molecule has 6 nitrogen and oxygen atoms in total. The first kappa shape index (κ1) is 31.5. The molecule has 0 atom stereocenters. The van der Waals surface area contributed by atoms with Gasteiger partial charge < -0.3 is 10.8 Å². The molecule has 0 aliphatic rings. The maximum Gasteiger partial charge on any atom is 0.164 e. The highest BCUT2D eigenvalue weighted by Crippen LogP contribution is 2.32. The van der Waals surface area contributed by atoms with Gasteiger partial charge in [-0.05, 0) is 57.7 Å². The molecule has 50 heavy (non-hydrogen) atoms. The van der Waals surface area contributed by atoms with Crippen LogP contribution in [0.4, 0.5) is 0 Å². The lowest BCUT2D eigenvalue weighted by atomic mass is 9.94. The summed E-state index contributed by atoms with van der Waals surface area (Å²) >= 11 is 0. The number of nitriles is 1. The molecular formula is C44H30N6. The zero-order valence-corrected chi connectivity index (χ0v) is 27.0. The van der Waals surface area contributed by atoms with Gasteiger partial charge in [0.2, 0.25) is 0 Å². The Bertz CT molecular complexity index is 2340. The van der Waals surface area contributed by atoms with E-state index in [9.17, 15) is 5.26 Å². The lowest BCUT2D eigenvalue weighted by Gasteiger charge is -2.11. The number of allylic oxidation sites excluding steroid dienone is 2. The van der Waals surface area contributed by atoms with Crippen LogP contribution >= 0.6 is 0 Å². The minimum Gasteiger partial charge on any atom is -0.300 e. The minimum atomic E-state index is 0.315. The van der Waals surface area contributed by atoms with Crippen LogP contribution in [0.3, 0.4) is 0 Å². The van der Waals surface area contributed by atoms with Crippen LogP contribution in [0.5, 0.6) is 0 Å². The summed E-state index contributed by atoms with van der Waals surface area (Å²) in [5, 5.41) is 27.0. The van der Waals surface area contributed by atoms with E-state index in [0.29, 0.717) is 34.5 Å². The summed E-state index contributed by atoms with van der Waals surface area (Å²) in [5.74, 6) is 1.73. The van der Waals surface area contributed by atoms with Crippen molar-refractivity contribution in [3.8, 4) is 62.5 Å². The van der Waals surface area contributed by atoms with Crippen molar-refractivity contribution in [1.82, 2.24) is 15.0 Å². The van der Waals surface area contributed by atoms with Crippen LogP contribution in [0.15, 0.2) is 170 Å². The summed E-state index contributed by atoms with van der Waals surface area (Å²) in [6, 6.07) is 53.1. The Hall–Kier alpha value is -7.10. The van der Waals surface area contributed by atoms with E-state index >= 15 is 0 Å². The number of aromatic nitrogens is 3. The van der Waals surface area contributed by atoms with Crippen molar-refractivity contribution in [3.05, 3.63) is 187 Å². The molecule has 1 aromatic heterocycles. The molecule has 7 rings (SSSR count). The predicted molar refractivity (Wildman–Crippen MR) is 201 cm³/mol. The predicted octanol–water partition coefficient (Wildman–Crippen LogP) is 10.1. The summed E-state index contributed by atoms with van der Waals surface area (Å²) in [6.45, 7) is 0. The highest BCUT2D eigenvalue weighted by atomic mass is 15.0. The van der Waals surface area contributed by atoms with Gasteiger partial charge in [0, 0.05) is 16.7 Å². The van der Waals surface area contributed by atoms with E-state index in [1.807, 2.05) is 158 Å². The molecule has 2 N–H and O–H groups in total. The van der Waals surface area contributed by atoms with Gasteiger partial charge in [-0.1, -0.05) is 146 Å². The molecule has 6 aromatic carbocycles. The molecule has 1 heterocycles. The Balaban J connectivity index is 1.16. The van der Waals surface area contributed by atoms with Crippen LogP contribution in [0, 0.1) is 22.1 Å². The van der Waals surface area contributed by atoms with Gasteiger partial charge >= 0.3 is 0 Å². The molecular weight excluding hydrogens is 613 g/mol. The molecule has 7 aromatic rings. The van der Waals surface area contributed by atoms with Gasteiger partial charge in [-0.2, -0.15) is 5.26 Å². The van der Waals surface area contributed by atoms with Gasteiger partial charge in [0.15, 0.2) is 17.5 Å². The highest BCUT2D eigenvalue weighted by molar-refractivity contribution is 6.13. The quantitative estimate of drug-likeness (QED) is 0.153. The van der Waals surface area contributed by atoms with Crippen molar-refractivity contribution < 1.29 is 0 Å².